The summed E-state index contributed by atoms with van der Waals surface area (Å²) in [7, 11) is 0. The van der Waals surface area contributed by atoms with Gasteiger partial charge in [-0.05, 0) is 36.6 Å². The molecule has 0 fully saturated rings. The molecule has 0 spiro atoms. The lowest BCUT2D eigenvalue weighted by atomic mass is 10.0. The Bertz CT molecular complexity index is 709. The van der Waals surface area contributed by atoms with Gasteiger partial charge in [-0.25, -0.2) is 4.79 Å². The number of benzene rings is 2. The highest BCUT2D eigenvalue weighted by molar-refractivity contribution is 5.92. The van der Waals surface area contributed by atoms with Crippen LogP contribution in [0.1, 0.15) is 42.6 Å². The minimum absolute atomic E-state index is 0.111. The van der Waals surface area contributed by atoms with Gasteiger partial charge in [0.1, 0.15) is 36.9 Å². The van der Waals surface area contributed by atoms with Gasteiger partial charge in [0.15, 0.2) is 0 Å². The van der Waals surface area contributed by atoms with Crippen molar-refractivity contribution in [1.29, 1.82) is 0 Å². The number of aliphatic hydroxyl groups excluding tert-OH is 1. The molecule has 0 amide bonds. The van der Waals surface area contributed by atoms with Gasteiger partial charge in [-0.15, -0.1) is 0 Å². The van der Waals surface area contributed by atoms with E-state index in [-0.39, 0.29) is 19.8 Å². The van der Waals surface area contributed by atoms with Gasteiger partial charge >= 0.3 is 5.97 Å². The molecule has 0 saturated carbocycles. The molecule has 2 rings (SSSR count). The van der Waals surface area contributed by atoms with Gasteiger partial charge in [0.05, 0.1) is 6.10 Å². The van der Waals surface area contributed by atoms with Crippen LogP contribution < -0.4 is 9.47 Å². The van der Waals surface area contributed by atoms with Crippen LogP contribution in [0.25, 0.3) is 0 Å². The molecule has 0 aromatic heterocycles. The largest absolute Gasteiger partial charge is 0.490 e. The van der Waals surface area contributed by atoms with Crippen LogP contribution in [0.4, 0.5) is 0 Å². The monoisotopic (exact) mass is 358 g/mol. The molecular formula is C21H26O5. The molecule has 2 aromatic rings. The number of rotatable bonds is 9. The lowest BCUT2D eigenvalue weighted by Crippen LogP contribution is -2.16. The maximum absolute atomic E-state index is 12.3. The van der Waals surface area contributed by atoms with Crippen molar-refractivity contribution in [3.8, 4) is 11.5 Å². The molecule has 0 heterocycles. The van der Waals surface area contributed by atoms with E-state index in [1.54, 1.807) is 31.2 Å². The summed E-state index contributed by atoms with van der Waals surface area (Å²) in [5.41, 5.74) is 1.45. The van der Waals surface area contributed by atoms with Crippen molar-refractivity contribution in [2.75, 3.05) is 19.8 Å². The molecule has 5 heteroatoms. The van der Waals surface area contributed by atoms with Crippen LogP contribution in [0.15, 0.2) is 48.5 Å². The maximum Gasteiger partial charge on any atom is 0.342 e. The van der Waals surface area contributed by atoms with E-state index in [0.29, 0.717) is 17.2 Å². The van der Waals surface area contributed by atoms with Gasteiger partial charge < -0.3 is 19.3 Å². The van der Waals surface area contributed by atoms with E-state index >= 15 is 0 Å². The van der Waals surface area contributed by atoms with Crippen molar-refractivity contribution >= 4 is 5.97 Å². The van der Waals surface area contributed by atoms with Gasteiger partial charge in [0.25, 0.3) is 0 Å². The number of hydrogen-bond donors (Lipinski definition) is 1. The van der Waals surface area contributed by atoms with Gasteiger partial charge in [-0.2, -0.15) is 0 Å². The molecule has 1 atom stereocenters. The van der Waals surface area contributed by atoms with Crippen molar-refractivity contribution in [3.63, 3.8) is 0 Å². The van der Waals surface area contributed by atoms with Gasteiger partial charge in [-0.3, -0.25) is 0 Å². The minimum Gasteiger partial charge on any atom is -0.490 e. The summed E-state index contributed by atoms with van der Waals surface area (Å²) in [5.74, 6) is 1.07. The summed E-state index contributed by atoms with van der Waals surface area (Å²) in [5, 5.41) is 9.33. The fraction of sp³-hybridized carbons (Fsp3) is 0.381. The highest BCUT2D eigenvalue weighted by Gasteiger charge is 2.14. The van der Waals surface area contributed by atoms with E-state index in [2.05, 4.69) is 13.8 Å². The summed E-state index contributed by atoms with van der Waals surface area (Å²) in [4.78, 5) is 12.3. The van der Waals surface area contributed by atoms with Crippen LogP contribution >= 0.6 is 0 Å². The normalized spacial score (nSPS) is 11.9. The predicted octanol–water partition coefficient (Wildman–Crippen LogP) is 3.81. The molecule has 140 valence electrons. The van der Waals surface area contributed by atoms with Crippen molar-refractivity contribution in [2.24, 2.45) is 0 Å². The number of carbonyl (C=O) groups is 1. The molecular weight excluding hydrogens is 332 g/mol. The molecule has 0 saturated heterocycles. The molecule has 0 bridgehead atoms. The van der Waals surface area contributed by atoms with Crippen LogP contribution in [-0.4, -0.2) is 37.0 Å². The number of carbonyl (C=O) groups excluding carboxylic acids is 1. The summed E-state index contributed by atoms with van der Waals surface area (Å²) in [6.07, 6.45) is -0.617. The molecule has 1 N–H and O–H groups in total. The molecule has 5 nitrogen and oxygen atoms in total. The van der Waals surface area contributed by atoms with Crippen molar-refractivity contribution < 1.29 is 24.1 Å². The van der Waals surface area contributed by atoms with Crippen LogP contribution in [0.3, 0.4) is 0 Å². The number of hydrogen-bond acceptors (Lipinski definition) is 5. The second-order valence-electron chi connectivity index (χ2n) is 6.33. The minimum atomic E-state index is -0.617. The highest BCUT2D eigenvalue weighted by Crippen LogP contribution is 2.25. The van der Waals surface area contributed by atoms with E-state index in [0.717, 1.165) is 11.3 Å². The zero-order chi connectivity index (χ0) is 18.9. The lowest BCUT2D eigenvalue weighted by Gasteiger charge is -2.14. The average molecular weight is 358 g/mol. The average Bonchev–Trinajstić information content (AvgIpc) is 2.63. The first-order valence-electron chi connectivity index (χ1n) is 8.77. The van der Waals surface area contributed by atoms with Crippen LogP contribution in [0.5, 0.6) is 11.5 Å². The molecule has 2 aromatic carbocycles. The number of esters is 1. The summed E-state index contributed by atoms with van der Waals surface area (Å²) in [6.45, 7) is 6.34. The van der Waals surface area contributed by atoms with Crippen LogP contribution in [-0.2, 0) is 4.74 Å². The van der Waals surface area contributed by atoms with Crippen LogP contribution in [0, 0.1) is 0 Å². The Kier molecular flexibility index (Phi) is 7.48. The van der Waals surface area contributed by atoms with Crippen molar-refractivity contribution in [3.05, 3.63) is 59.7 Å². The van der Waals surface area contributed by atoms with Gasteiger partial charge in [0, 0.05) is 0 Å². The maximum atomic E-state index is 12.3. The van der Waals surface area contributed by atoms with Crippen molar-refractivity contribution in [2.45, 2.75) is 32.8 Å². The first-order chi connectivity index (χ1) is 12.5. The summed E-state index contributed by atoms with van der Waals surface area (Å²) >= 11 is 0. The molecule has 0 radical (unpaired) electrons. The first-order valence-corrected chi connectivity index (χ1v) is 8.77. The SMILES string of the molecule is CC(O)COc1ccccc1C(=O)OCCOc1ccccc1C(C)C. The third kappa shape index (κ3) is 5.77. The number of ether oxygens (including phenoxy) is 3. The molecule has 0 aliphatic heterocycles. The van der Waals surface area contributed by atoms with Crippen LogP contribution in [0.2, 0.25) is 0 Å². The molecule has 26 heavy (non-hydrogen) atoms. The first kappa shape index (κ1) is 19.8. The standard InChI is InChI=1S/C21H26O5/c1-15(2)17-8-4-6-10-19(17)24-12-13-25-21(23)18-9-5-7-11-20(18)26-14-16(3)22/h4-11,15-16,22H,12-14H2,1-3H3. The molecule has 0 aliphatic carbocycles. The van der Waals surface area contributed by atoms with Crippen molar-refractivity contribution in [1.82, 2.24) is 0 Å². The second kappa shape index (κ2) is 9.82. The topological polar surface area (TPSA) is 65.0 Å². The Balaban J connectivity index is 1.88. The second-order valence-corrected chi connectivity index (χ2v) is 6.33. The summed E-state index contributed by atoms with van der Waals surface area (Å²) < 4.78 is 16.5. The van der Waals surface area contributed by atoms with E-state index in [9.17, 15) is 9.90 Å². The third-order valence-electron chi connectivity index (χ3n) is 3.70. The zero-order valence-electron chi connectivity index (χ0n) is 15.5. The zero-order valence-corrected chi connectivity index (χ0v) is 15.5. The number of aliphatic hydroxyl groups is 1. The van der Waals surface area contributed by atoms with E-state index in [4.69, 9.17) is 14.2 Å². The summed E-state index contributed by atoms with van der Waals surface area (Å²) in [6, 6.07) is 14.7. The Hall–Kier alpha value is -2.53. The number of para-hydroxylation sites is 2. The molecule has 0 aliphatic rings. The predicted molar refractivity (Wildman–Crippen MR) is 99.9 cm³/mol. The Morgan fingerprint density at radius 1 is 0.923 bits per heavy atom. The molecule has 1 unspecified atom stereocenters. The van der Waals surface area contributed by atoms with E-state index < -0.39 is 12.1 Å². The quantitative estimate of drug-likeness (QED) is 0.545. The Labute approximate surface area is 154 Å². The Morgan fingerprint density at radius 3 is 2.27 bits per heavy atom. The van der Waals surface area contributed by atoms with E-state index in [1.165, 1.54) is 0 Å². The van der Waals surface area contributed by atoms with Gasteiger partial charge in [0.2, 0.25) is 0 Å². The van der Waals surface area contributed by atoms with E-state index in [1.807, 2.05) is 24.3 Å². The smallest absolute Gasteiger partial charge is 0.342 e. The third-order valence-corrected chi connectivity index (χ3v) is 3.70. The lowest BCUT2D eigenvalue weighted by molar-refractivity contribution is 0.0441. The Morgan fingerprint density at radius 2 is 1.58 bits per heavy atom. The fourth-order valence-electron chi connectivity index (χ4n) is 2.42. The highest BCUT2D eigenvalue weighted by atomic mass is 16.6. The fourth-order valence-corrected chi connectivity index (χ4v) is 2.42. The van der Waals surface area contributed by atoms with Gasteiger partial charge in [-0.1, -0.05) is 44.2 Å².